The first-order chi connectivity index (χ1) is 10.3. The van der Waals surface area contributed by atoms with Crippen LogP contribution in [0.15, 0.2) is 48.1 Å². The number of carbonyl (C=O) groups excluding carboxylic acids is 1. The van der Waals surface area contributed by atoms with E-state index in [1.165, 1.54) is 24.3 Å². The van der Waals surface area contributed by atoms with E-state index in [4.69, 9.17) is 0 Å². The van der Waals surface area contributed by atoms with Crippen LogP contribution in [-0.2, 0) is 6.18 Å². The number of aldehydes is 1. The minimum atomic E-state index is -4.58. The van der Waals surface area contributed by atoms with E-state index in [0.717, 1.165) is 18.2 Å². The number of benzene rings is 1. The van der Waals surface area contributed by atoms with Gasteiger partial charge in [0, 0.05) is 24.0 Å². The quantitative estimate of drug-likeness (QED) is 0.549. The van der Waals surface area contributed by atoms with E-state index in [1.807, 2.05) is 0 Å². The lowest BCUT2D eigenvalue weighted by molar-refractivity contribution is -0.137. The Labute approximate surface area is 123 Å². The highest BCUT2D eigenvalue weighted by atomic mass is 19.4. The molecule has 1 aliphatic carbocycles. The Hall–Kier alpha value is -2.24. The standard InChI is InChI=1S/C16H11F5O/c17-14-6-11(7-15(18)8-14)2-1-10-3-12(9-22)5-13(4-10)16(19,20)21/h1-6,8-9,11H,7H2/b2-1+. The van der Waals surface area contributed by atoms with Gasteiger partial charge in [0.1, 0.15) is 17.9 Å². The molecule has 0 bridgehead atoms. The number of hydrogen-bond donors (Lipinski definition) is 0. The van der Waals surface area contributed by atoms with E-state index in [-0.39, 0.29) is 17.5 Å². The maximum Gasteiger partial charge on any atom is 0.416 e. The van der Waals surface area contributed by atoms with Crippen LogP contribution in [0.3, 0.4) is 0 Å². The van der Waals surface area contributed by atoms with Crippen LogP contribution in [0.1, 0.15) is 27.9 Å². The summed E-state index contributed by atoms with van der Waals surface area (Å²) in [6.45, 7) is 0. The molecule has 0 heterocycles. The van der Waals surface area contributed by atoms with Crippen molar-refractivity contribution in [3.8, 4) is 0 Å². The monoisotopic (exact) mass is 314 g/mol. The number of allylic oxidation sites excluding steroid dienone is 5. The van der Waals surface area contributed by atoms with E-state index in [2.05, 4.69) is 0 Å². The Balaban J connectivity index is 2.28. The van der Waals surface area contributed by atoms with E-state index in [9.17, 15) is 26.7 Å². The second kappa shape index (κ2) is 6.25. The molecule has 1 aromatic rings. The summed E-state index contributed by atoms with van der Waals surface area (Å²) < 4.78 is 64.3. The highest BCUT2D eigenvalue weighted by molar-refractivity contribution is 5.77. The van der Waals surface area contributed by atoms with Crippen LogP contribution in [0.2, 0.25) is 0 Å². The average Bonchev–Trinajstić information content (AvgIpc) is 2.43. The Morgan fingerprint density at radius 2 is 1.77 bits per heavy atom. The number of hydrogen-bond acceptors (Lipinski definition) is 1. The maximum absolute atomic E-state index is 13.1. The van der Waals surface area contributed by atoms with Crippen molar-refractivity contribution in [2.45, 2.75) is 12.6 Å². The van der Waals surface area contributed by atoms with Gasteiger partial charge >= 0.3 is 6.18 Å². The molecule has 0 saturated heterocycles. The normalized spacial score (nSPS) is 19.0. The molecule has 116 valence electrons. The first-order valence-corrected chi connectivity index (χ1v) is 6.37. The summed E-state index contributed by atoms with van der Waals surface area (Å²) in [6, 6.07) is 2.89. The molecule has 0 aromatic heterocycles. The number of carbonyl (C=O) groups is 1. The van der Waals surface area contributed by atoms with Crippen LogP contribution in [0, 0.1) is 5.92 Å². The molecule has 0 N–H and O–H groups in total. The summed E-state index contributed by atoms with van der Waals surface area (Å²) in [5, 5.41) is 0. The summed E-state index contributed by atoms with van der Waals surface area (Å²) in [7, 11) is 0. The van der Waals surface area contributed by atoms with Gasteiger partial charge in [-0.05, 0) is 29.8 Å². The second-order valence-corrected chi connectivity index (χ2v) is 4.87. The van der Waals surface area contributed by atoms with Crippen molar-refractivity contribution in [3.63, 3.8) is 0 Å². The zero-order chi connectivity index (χ0) is 16.3. The topological polar surface area (TPSA) is 17.1 Å². The van der Waals surface area contributed by atoms with Crippen molar-refractivity contribution in [1.29, 1.82) is 0 Å². The number of alkyl halides is 3. The summed E-state index contributed by atoms with van der Waals surface area (Å²) in [5.41, 5.74) is -0.931. The molecular formula is C16H11F5O. The third-order valence-corrected chi connectivity index (χ3v) is 3.08. The highest BCUT2D eigenvalue weighted by Crippen LogP contribution is 2.31. The van der Waals surface area contributed by atoms with E-state index in [1.54, 1.807) is 0 Å². The Morgan fingerprint density at radius 3 is 2.36 bits per heavy atom. The lowest BCUT2D eigenvalue weighted by atomic mass is 9.97. The molecule has 1 atom stereocenters. The van der Waals surface area contributed by atoms with Crippen molar-refractivity contribution in [2.75, 3.05) is 0 Å². The predicted molar refractivity (Wildman–Crippen MR) is 72.4 cm³/mol. The molecule has 0 radical (unpaired) electrons. The fraction of sp³-hybridized carbons (Fsp3) is 0.188. The Bertz CT molecular complexity index is 668. The summed E-state index contributed by atoms with van der Waals surface area (Å²) in [6.07, 6.45) is 0.338. The van der Waals surface area contributed by atoms with Gasteiger partial charge in [-0.1, -0.05) is 12.2 Å². The van der Waals surface area contributed by atoms with E-state index < -0.39 is 29.3 Å². The van der Waals surface area contributed by atoms with Crippen LogP contribution in [-0.4, -0.2) is 6.29 Å². The lowest BCUT2D eigenvalue weighted by Gasteiger charge is -2.11. The zero-order valence-electron chi connectivity index (χ0n) is 11.2. The Kier molecular flexibility index (Phi) is 4.59. The zero-order valence-corrected chi connectivity index (χ0v) is 11.2. The summed E-state index contributed by atoms with van der Waals surface area (Å²) in [5.74, 6) is -1.94. The fourth-order valence-electron chi connectivity index (χ4n) is 2.11. The smallest absolute Gasteiger partial charge is 0.298 e. The summed E-state index contributed by atoms with van der Waals surface area (Å²) >= 11 is 0. The molecule has 0 spiro atoms. The van der Waals surface area contributed by atoms with Crippen molar-refractivity contribution in [2.24, 2.45) is 5.92 Å². The minimum Gasteiger partial charge on any atom is -0.298 e. The third kappa shape index (κ3) is 4.13. The van der Waals surface area contributed by atoms with Crippen LogP contribution in [0.5, 0.6) is 0 Å². The predicted octanol–water partition coefficient (Wildman–Crippen LogP) is 5.26. The fourth-order valence-corrected chi connectivity index (χ4v) is 2.11. The van der Waals surface area contributed by atoms with Crippen molar-refractivity contribution in [3.05, 3.63) is 64.8 Å². The van der Waals surface area contributed by atoms with Gasteiger partial charge in [0.05, 0.1) is 5.56 Å². The van der Waals surface area contributed by atoms with Crippen molar-refractivity contribution >= 4 is 12.4 Å². The molecule has 0 saturated carbocycles. The molecule has 0 amide bonds. The maximum atomic E-state index is 13.1. The molecule has 0 aliphatic heterocycles. The number of halogens is 5. The highest BCUT2D eigenvalue weighted by Gasteiger charge is 2.31. The molecule has 1 aromatic carbocycles. The van der Waals surface area contributed by atoms with Gasteiger partial charge in [0.15, 0.2) is 0 Å². The molecule has 6 heteroatoms. The van der Waals surface area contributed by atoms with Gasteiger partial charge in [-0.15, -0.1) is 0 Å². The summed E-state index contributed by atoms with van der Waals surface area (Å²) in [4.78, 5) is 10.7. The van der Waals surface area contributed by atoms with E-state index in [0.29, 0.717) is 6.29 Å². The SMILES string of the molecule is O=Cc1cc(/C=C/C2C=C(F)C=C(F)C2)cc(C(F)(F)F)c1. The van der Waals surface area contributed by atoms with Crippen LogP contribution < -0.4 is 0 Å². The van der Waals surface area contributed by atoms with Gasteiger partial charge < -0.3 is 0 Å². The molecule has 1 unspecified atom stereocenters. The molecule has 1 aliphatic rings. The van der Waals surface area contributed by atoms with Gasteiger partial charge in [-0.2, -0.15) is 13.2 Å². The Morgan fingerprint density at radius 1 is 1.09 bits per heavy atom. The third-order valence-electron chi connectivity index (χ3n) is 3.08. The van der Waals surface area contributed by atoms with Gasteiger partial charge in [-0.3, -0.25) is 4.79 Å². The molecule has 2 rings (SSSR count). The molecular weight excluding hydrogens is 303 g/mol. The molecule has 1 nitrogen and oxygen atoms in total. The van der Waals surface area contributed by atoms with E-state index >= 15 is 0 Å². The van der Waals surface area contributed by atoms with Crippen molar-refractivity contribution in [1.82, 2.24) is 0 Å². The first-order valence-electron chi connectivity index (χ1n) is 6.37. The van der Waals surface area contributed by atoms with Crippen molar-refractivity contribution < 1.29 is 26.7 Å². The lowest BCUT2D eigenvalue weighted by Crippen LogP contribution is -2.06. The van der Waals surface area contributed by atoms with Gasteiger partial charge in [0.25, 0.3) is 0 Å². The number of rotatable bonds is 3. The largest absolute Gasteiger partial charge is 0.416 e. The van der Waals surface area contributed by atoms with Crippen LogP contribution >= 0.6 is 0 Å². The molecule has 22 heavy (non-hydrogen) atoms. The second-order valence-electron chi connectivity index (χ2n) is 4.87. The first kappa shape index (κ1) is 16.1. The van der Waals surface area contributed by atoms with Crippen LogP contribution in [0.4, 0.5) is 22.0 Å². The molecule has 0 fully saturated rings. The van der Waals surface area contributed by atoms with Gasteiger partial charge in [0.2, 0.25) is 0 Å². The average molecular weight is 314 g/mol. The minimum absolute atomic E-state index is 0.0522. The van der Waals surface area contributed by atoms with Gasteiger partial charge in [-0.25, -0.2) is 8.78 Å². The van der Waals surface area contributed by atoms with Crippen LogP contribution in [0.25, 0.3) is 6.08 Å².